The molecule has 1 saturated carbocycles. The Bertz CT molecular complexity index is 1230. The van der Waals surface area contributed by atoms with Gasteiger partial charge in [-0.15, -0.1) is 0 Å². The van der Waals surface area contributed by atoms with Crippen LogP contribution in [0, 0.1) is 0 Å². The van der Waals surface area contributed by atoms with Crippen LogP contribution in [-0.2, 0) is 19.3 Å². The van der Waals surface area contributed by atoms with Crippen molar-refractivity contribution in [2.75, 3.05) is 48.9 Å². The van der Waals surface area contributed by atoms with Gasteiger partial charge in [0.2, 0.25) is 0 Å². The predicted octanol–water partition coefficient (Wildman–Crippen LogP) is 3.16. The van der Waals surface area contributed by atoms with Crippen LogP contribution in [-0.4, -0.2) is 74.3 Å². The van der Waals surface area contributed by atoms with Crippen LogP contribution in [0.25, 0.3) is 0 Å². The first-order chi connectivity index (χ1) is 17.3. The van der Waals surface area contributed by atoms with Crippen LogP contribution in [0.5, 0.6) is 0 Å². The van der Waals surface area contributed by atoms with E-state index in [9.17, 15) is 13.2 Å². The van der Waals surface area contributed by atoms with Crippen molar-refractivity contribution in [2.24, 2.45) is 0 Å². The number of anilines is 2. The minimum atomic E-state index is -3.23. The van der Waals surface area contributed by atoms with Crippen molar-refractivity contribution < 1.29 is 17.9 Å². The van der Waals surface area contributed by atoms with E-state index in [1.165, 1.54) is 10.9 Å². The van der Waals surface area contributed by atoms with Crippen molar-refractivity contribution in [1.82, 2.24) is 9.78 Å². The third kappa shape index (κ3) is 5.38. The molecule has 9 nitrogen and oxygen atoms in total. The molecule has 3 heterocycles. The van der Waals surface area contributed by atoms with E-state index in [2.05, 4.69) is 27.4 Å². The van der Waals surface area contributed by atoms with Gasteiger partial charge in [-0.1, -0.05) is 23.2 Å². The molecule has 196 valence electrons. The fourth-order valence-electron chi connectivity index (χ4n) is 5.20. The van der Waals surface area contributed by atoms with Crippen LogP contribution in [0.1, 0.15) is 31.7 Å². The Balaban J connectivity index is 1.24. The Morgan fingerprint density at radius 1 is 1.03 bits per heavy atom. The van der Waals surface area contributed by atoms with Crippen LogP contribution >= 0.6 is 23.2 Å². The first kappa shape index (κ1) is 25.8. The third-order valence-corrected chi connectivity index (χ3v) is 10.0. The van der Waals surface area contributed by atoms with E-state index in [0.29, 0.717) is 36.0 Å². The van der Waals surface area contributed by atoms with Crippen LogP contribution in [0.2, 0.25) is 10.0 Å². The van der Waals surface area contributed by atoms with E-state index in [-0.39, 0.29) is 42.1 Å². The summed E-state index contributed by atoms with van der Waals surface area (Å²) in [7, 11) is -3.23. The Morgan fingerprint density at radius 2 is 1.75 bits per heavy atom. The standard InChI is InChI=1S/C24H30Cl2N4O5S/c25-16-1-3-17(4-2-16)29(20-13-35-14-20)18-5-7-19(8-6-18)30-24(31)23(26)22(12-28-30)27-11-21-15-34-9-10-36(21,32)33/h1-4,12,18-21,27H,5-11,13-15H2/t18-,19-,21-/m1/s1. The molecule has 2 aromatic rings. The number of nitrogens with zero attached hydrogens (tertiary/aromatic N) is 3. The molecule has 0 amide bonds. The largest absolute Gasteiger partial charge is 0.381 e. The zero-order chi connectivity index (χ0) is 25.3. The number of hydrogen-bond acceptors (Lipinski definition) is 8. The second-order valence-corrected chi connectivity index (χ2v) is 12.8. The van der Waals surface area contributed by atoms with E-state index >= 15 is 0 Å². The monoisotopic (exact) mass is 556 g/mol. The number of sulfone groups is 1. The number of nitrogens with one attached hydrogen (secondary N) is 1. The lowest BCUT2D eigenvalue weighted by atomic mass is 9.88. The molecule has 2 saturated heterocycles. The quantitative estimate of drug-likeness (QED) is 0.554. The number of halogens is 2. The van der Waals surface area contributed by atoms with Gasteiger partial charge in [0.05, 0.1) is 56.1 Å². The average molecular weight is 558 g/mol. The van der Waals surface area contributed by atoms with Gasteiger partial charge >= 0.3 is 0 Å². The summed E-state index contributed by atoms with van der Waals surface area (Å²) >= 11 is 12.5. The molecule has 2 aliphatic heterocycles. The second kappa shape index (κ2) is 10.9. The van der Waals surface area contributed by atoms with Gasteiger partial charge in [-0.25, -0.2) is 13.1 Å². The van der Waals surface area contributed by atoms with Gasteiger partial charge in [-0.3, -0.25) is 4.79 Å². The summed E-state index contributed by atoms with van der Waals surface area (Å²) in [5.41, 5.74) is 1.11. The summed E-state index contributed by atoms with van der Waals surface area (Å²) in [5, 5.41) is 7.43. The van der Waals surface area contributed by atoms with Crippen molar-refractivity contribution in [2.45, 2.75) is 49.1 Å². The molecule has 36 heavy (non-hydrogen) atoms. The van der Waals surface area contributed by atoms with E-state index in [0.717, 1.165) is 31.4 Å². The number of ether oxygens (including phenoxy) is 2. The summed E-state index contributed by atoms with van der Waals surface area (Å²) < 4.78 is 36.7. The zero-order valence-corrected chi connectivity index (χ0v) is 22.1. The van der Waals surface area contributed by atoms with E-state index in [1.807, 2.05) is 12.1 Å². The maximum absolute atomic E-state index is 13.0. The molecule has 1 N–H and O–H groups in total. The summed E-state index contributed by atoms with van der Waals surface area (Å²) in [6, 6.07) is 8.55. The molecule has 12 heteroatoms. The van der Waals surface area contributed by atoms with Gasteiger partial charge in [0.15, 0.2) is 9.84 Å². The number of hydrogen-bond donors (Lipinski definition) is 1. The minimum absolute atomic E-state index is 0.00117. The first-order valence-electron chi connectivity index (χ1n) is 12.3. The van der Waals surface area contributed by atoms with Gasteiger partial charge < -0.3 is 19.7 Å². The van der Waals surface area contributed by atoms with Crippen molar-refractivity contribution in [3.63, 3.8) is 0 Å². The molecule has 0 unspecified atom stereocenters. The molecule has 3 aliphatic rings. The Morgan fingerprint density at radius 3 is 2.39 bits per heavy atom. The third-order valence-electron chi connectivity index (χ3n) is 7.33. The smallest absolute Gasteiger partial charge is 0.287 e. The van der Waals surface area contributed by atoms with Crippen LogP contribution in [0.15, 0.2) is 35.3 Å². The lowest BCUT2D eigenvalue weighted by Gasteiger charge is -2.46. The number of aromatic nitrogens is 2. The lowest BCUT2D eigenvalue weighted by Crippen LogP contribution is -2.54. The van der Waals surface area contributed by atoms with Gasteiger partial charge in [-0.05, 0) is 49.9 Å². The molecule has 1 aromatic carbocycles. The Kier molecular flexibility index (Phi) is 7.78. The van der Waals surface area contributed by atoms with Crippen molar-refractivity contribution >= 4 is 44.4 Å². The van der Waals surface area contributed by atoms with Crippen molar-refractivity contribution in [1.29, 1.82) is 0 Å². The maximum atomic E-state index is 13.0. The van der Waals surface area contributed by atoms with E-state index in [4.69, 9.17) is 32.7 Å². The Hall–Kier alpha value is -1.85. The van der Waals surface area contributed by atoms with Crippen molar-refractivity contribution in [3.8, 4) is 0 Å². The average Bonchev–Trinajstić information content (AvgIpc) is 2.84. The SMILES string of the molecule is O=c1c(Cl)c(NC[C@@H]2COCCS2(=O)=O)cnn1[C@H]1CC[C@H](N(c2ccc(Cl)cc2)C2COC2)CC1. The molecular formula is C24H30Cl2N4O5S. The molecule has 1 aromatic heterocycles. The molecule has 3 fully saturated rings. The van der Waals surface area contributed by atoms with Gasteiger partial charge in [0, 0.05) is 23.3 Å². The normalized spacial score (nSPS) is 26.2. The Labute approximate surface area is 220 Å². The van der Waals surface area contributed by atoms with E-state index < -0.39 is 15.1 Å². The summed E-state index contributed by atoms with van der Waals surface area (Å²) in [5.74, 6) is -0.00117. The highest BCUT2D eigenvalue weighted by molar-refractivity contribution is 7.92. The zero-order valence-electron chi connectivity index (χ0n) is 19.8. The number of benzene rings is 1. The first-order valence-corrected chi connectivity index (χ1v) is 14.7. The highest BCUT2D eigenvalue weighted by Gasteiger charge is 2.35. The molecule has 1 atom stereocenters. The molecular weight excluding hydrogens is 527 g/mol. The molecule has 0 radical (unpaired) electrons. The highest BCUT2D eigenvalue weighted by Crippen LogP contribution is 2.35. The second-order valence-electron chi connectivity index (χ2n) is 9.60. The number of rotatable bonds is 7. The molecule has 0 bridgehead atoms. The van der Waals surface area contributed by atoms with Gasteiger partial charge in [-0.2, -0.15) is 5.10 Å². The van der Waals surface area contributed by atoms with Crippen LogP contribution in [0.4, 0.5) is 11.4 Å². The van der Waals surface area contributed by atoms with Crippen molar-refractivity contribution in [3.05, 3.63) is 50.9 Å². The maximum Gasteiger partial charge on any atom is 0.287 e. The topological polar surface area (TPSA) is 103 Å². The summed E-state index contributed by atoms with van der Waals surface area (Å²) in [6.45, 7) is 1.87. The molecule has 0 spiro atoms. The van der Waals surface area contributed by atoms with Gasteiger partial charge in [0.25, 0.3) is 5.56 Å². The molecule has 5 rings (SSSR count). The molecule has 1 aliphatic carbocycles. The predicted molar refractivity (Wildman–Crippen MR) is 140 cm³/mol. The van der Waals surface area contributed by atoms with E-state index in [1.54, 1.807) is 0 Å². The summed E-state index contributed by atoms with van der Waals surface area (Å²) in [4.78, 5) is 15.5. The fraction of sp³-hybridized carbons (Fsp3) is 0.583. The van der Waals surface area contributed by atoms with Gasteiger partial charge in [0.1, 0.15) is 10.3 Å². The summed E-state index contributed by atoms with van der Waals surface area (Å²) in [6.07, 6.45) is 4.94. The lowest BCUT2D eigenvalue weighted by molar-refractivity contribution is 0.00283. The minimum Gasteiger partial charge on any atom is -0.381 e. The fourth-order valence-corrected chi connectivity index (χ4v) is 6.85. The van der Waals surface area contributed by atoms with Crippen LogP contribution < -0.4 is 15.8 Å². The highest BCUT2D eigenvalue weighted by atomic mass is 35.5. The van der Waals surface area contributed by atoms with Crippen LogP contribution in [0.3, 0.4) is 0 Å².